The SMILES string of the molecule is CC(C)C[C@H](NC(=O)CNC(=O)[C@H](Cc1ccc(O)cc1)NC(=O)[C@H](C)NC(=O)[C@H](CCC(=O)O)NC(=O)[C@H](CCCN=C(N)N)NC(=O)[C@H](Cc1ccc(O)cc1)NC(=O)[C@@H](N)CC(N)=O)C(=O)O. The van der Waals surface area contributed by atoms with Gasteiger partial charge in [-0.25, -0.2) is 4.79 Å². The molecule has 0 saturated heterocycles. The number of aliphatic imine (C=N–C) groups is 1. The molecule has 70 heavy (non-hydrogen) atoms. The van der Waals surface area contributed by atoms with E-state index >= 15 is 0 Å². The Bertz CT molecular complexity index is 2190. The van der Waals surface area contributed by atoms with E-state index in [-0.39, 0.29) is 62.0 Å². The van der Waals surface area contributed by atoms with Gasteiger partial charge in [-0.15, -0.1) is 0 Å². The zero-order chi connectivity index (χ0) is 52.7. The van der Waals surface area contributed by atoms with E-state index in [1.54, 1.807) is 13.8 Å². The molecule has 2 rings (SSSR count). The van der Waals surface area contributed by atoms with Crippen LogP contribution < -0.4 is 60.2 Å². The van der Waals surface area contributed by atoms with E-state index in [0.29, 0.717) is 11.1 Å². The summed E-state index contributed by atoms with van der Waals surface area (Å²) < 4.78 is 0. The zero-order valence-corrected chi connectivity index (χ0v) is 38.9. The lowest BCUT2D eigenvalue weighted by Crippen LogP contribution is -2.59. The monoisotopic (exact) mass is 984 g/mol. The van der Waals surface area contributed by atoms with E-state index in [2.05, 4.69) is 42.2 Å². The van der Waals surface area contributed by atoms with Crippen LogP contribution >= 0.6 is 0 Å². The number of carbonyl (C=O) groups excluding carboxylic acids is 8. The quantitative estimate of drug-likeness (QED) is 0.0203. The minimum absolute atomic E-state index is 0.0321. The number of phenols is 2. The number of carboxylic acid groups (broad SMARTS) is 2. The summed E-state index contributed by atoms with van der Waals surface area (Å²) in [6, 6.07) is 0.941. The van der Waals surface area contributed by atoms with Crippen LogP contribution in [0.4, 0.5) is 0 Å². The van der Waals surface area contributed by atoms with Crippen molar-refractivity contribution in [3.63, 3.8) is 0 Å². The molecule has 7 atom stereocenters. The highest BCUT2D eigenvalue weighted by Crippen LogP contribution is 2.14. The van der Waals surface area contributed by atoms with Gasteiger partial charge in [-0.05, 0) is 73.9 Å². The summed E-state index contributed by atoms with van der Waals surface area (Å²) in [6.45, 7) is 4.03. The van der Waals surface area contributed by atoms with Gasteiger partial charge in [0.1, 0.15) is 47.8 Å². The molecule has 26 heteroatoms. The summed E-state index contributed by atoms with van der Waals surface area (Å²) in [7, 11) is 0. The number of hydrogen-bond donors (Lipinski definition) is 15. The Labute approximate surface area is 402 Å². The molecule has 0 aliphatic carbocycles. The number of nitrogens with one attached hydrogen (secondary N) is 7. The van der Waals surface area contributed by atoms with Crippen molar-refractivity contribution in [1.82, 2.24) is 37.2 Å². The topological polar surface area (TPSA) is 452 Å². The van der Waals surface area contributed by atoms with E-state index in [4.69, 9.17) is 22.9 Å². The van der Waals surface area contributed by atoms with Crippen molar-refractivity contribution in [3.8, 4) is 11.5 Å². The van der Waals surface area contributed by atoms with Crippen LogP contribution in [0.1, 0.15) is 70.4 Å². The number of aromatic hydroxyl groups is 2. The van der Waals surface area contributed by atoms with Gasteiger partial charge in [0.2, 0.25) is 47.3 Å². The first-order chi connectivity index (χ1) is 32.8. The fourth-order valence-corrected chi connectivity index (χ4v) is 6.50. The van der Waals surface area contributed by atoms with Crippen molar-refractivity contribution in [2.45, 2.75) is 114 Å². The summed E-state index contributed by atoms with van der Waals surface area (Å²) in [5, 5.41) is 55.4. The molecule has 2 aromatic carbocycles. The molecule has 0 heterocycles. The van der Waals surface area contributed by atoms with Gasteiger partial charge in [0.25, 0.3) is 0 Å². The molecule has 19 N–H and O–H groups in total. The third kappa shape index (κ3) is 22.2. The van der Waals surface area contributed by atoms with E-state index in [0.717, 1.165) is 0 Å². The van der Waals surface area contributed by atoms with E-state index < -0.39 is 127 Å². The Kier molecular flexibility index (Phi) is 24.1. The zero-order valence-electron chi connectivity index (χ0n) is 38.9. The van der Waals surface area contributed by atoms with E-state index in [1.807, 2.05) is 0 Å². The van der Waals surface area contributed by atoms with Crippen LogP contribution in [0.15, 0.2) is 53.5 Å². The molecule has 0 aliphatic rings. The molecule has 8 amide bonds. The molecule has 384 valence electrons. The largest absolute Gasteiger partial charge is 0.508 e. The fourth-order valence-electron chi connectivity index (χ4n) is 6.50. The van der Waals surface area contributed by atoms with Gasteiger partial charge in [0.15, 0.2) is 5.96 Å². The van der Waals surface area contributed by atoms with Crippen molar-refractivity contribution in [3.05, 3.63) is 59.7 Å². The minimum Gasteiger partial charge on any atom is -0.508 e. The van der Waals surface area contributed by atoms with Gasteiger partial charge >= 0.3 is 11.9 Å². The smallest absolute Gasteiger partial charge is 0.326 e. The minimum atomic E-state index is -1.66. The summed E-state index contributed by atoms with van der Waals surface area (Å²) in [6.07, 6.45) is -2.19. The lowest BCUT2D eigenvalue weighted by atomic mass is 10.0. The predicted molar refractivity (Wildman–Crippen MR) is 250 cm³/mol. The Morgan fingerprint density at radius 3 is 1.54 bits per heavy atom. The van der Waals surface area contributed by atoms with Crippen LogP contribution in [0.25, 0.3) is 0 Å². The first-order valence-corrected chi connectivity index (χ1v) is 22.0. The molecule has 0 aliphatic heterocycles. The molecule has 0 bridgehead atoms. The number of guanidine groups is 1. The Hall–Kier alpha value is -8.03. The number of nitrogens with two attached hydrogens (primary N) is 4. The lowest BCUT2D eigenvalue weighted by Gasteiger charge is -2.27. The number of aliphatic carboxylic acids is 2. The van der Waals surface area contributed by atoms with Gasteiger partial charge in [-0.2, -0.15) is 0 Å². The third-order valence-corrected chi connectivity index (χ3v) is 10.1. The van der Waals surface area contributed by atoms with E-state index in [9.17, 15) is 68.4 Å². The van der Waals surface area contributed by atoms with Gasteiger partial charge in [-0.1, -0.05) is 38.1 Å². The number of nitrogens with zero attached hydrogens (tertiary/aromatic N) is 1. The van der Waals surface area contributed by atoms with Crippen molar-refractivity contribution < 1.29 is 68.4 Å². The highest BCUT2D eigenvalue weighted by atomic mass is 16.4. The molecule has 0 unspecified atom stereocenters. The van der Waals surface area contributed by atoms with Crippen LogP contribution in [0, 0.1) is 5.92 Å². The Balaban J connectivity index is 2.36. The van der Waals surface area contributed by atoms with Crippen LogP contribution in [0.2, 0.25) is 0 Å². The van der Waals surface area contributed by atoms with Gasteiger partial charge in [-0.3, -0.25) is 48.1 Å². The molecule has 0 saturated carbocycles. The Morgan fingerprint density at radius 2 is 1.06 bits per heavy atom. The summed E-state index contributed by atoms with van der Waals surface area (Å²) >= 11 is 0. The average molecular weight is 985 g/mol. The third-order valence-electron chi connectivity index (χ3n) is 10.1. The number of primary amides is 1. The highest BCUT2D eigenvalue weighted by Gasteiger charge is 2.33. The first kappa shape index (κ1) is 58.1. The molecule has 0 radical (unpaired) electrons. The fraction of sp³-hybridized carbons (Fsp3) is 0.477. The Morgan fingerprint density at radius 1 is 0.586 bits per heavy atom. The molecule has 0 aromatic heterocycles. The maximum absolute atomic E-state index is 14.0. The van der Waals surface area contributed by atoms with Crippen molar-refractivity contribution in [2.24, 2.45) is 33.8 Å². The number of hydrogen-bond acceptors (Lipinski definition) is 14. The lowest BCUT2D eigenvalue weighted by molar-refractivity contribution is -0.142. The van der Waals surface area contributed by atoms with Crippen LogP contribution in [-0.2, 0) is 60.8 Å². The van der Waals surface area contributed by atoms with Gasteiger partial charge < -0.3 is 80.6 Å². The highest BCUT2D eigenvalue weighted by molar-refractivity contribution is 5.97. The number of amides is 8. The molecule has 2 aromatic rings. The number of rotatable bonds is 30. The number of phenolic OH excluding ortho intramolecular Hbond substituents is 2. The molecule has 0 spiro atoms. The standard InChI is InChI=1S/C44H64N12O14/c1-22(2)17-33(43(69)70)52-35(60)21-50-39(65)31(18-24-6-10-26(57)11-7-24)55-37(63)23(3)51-40(66)30(14-15-36(61)62)54-41(67)29(5-4-16-49-44(47)48)53-42(68)32(19-25-8-12-27(58)13-9-25)56-38(64)28(45)20-34(46)59/h6-13,22-23,28-33,57-58H,4-5,14-21,45H2,1-3H3,(H2,46,59)(H,50,65)(H,51,66)(H,52,60)(H,53,68)(H,54,67)(H,55,63)(H,56,64)(H,61,62)(H,69,70)(H4,47,48,49)/t23-,28-,29-,30-,31-,32-,33-/m0/s1. The van der Waals surface area contributed by atoms with Gasteiger partial charge in [0.05, 0.1) is 19.0 Å². The molecule has 26 nitrogen and oxygen atoms in total. The average Bonchev–Trinajstić information content (AvgIpc) is 3.27. The molecular formula is C44H64N12O14. The van der Waals surface area contributed by atoms with Crippen LogP contribution in [-0.4, -0.2) is 141 Å². The summed E-state index contributed by atoms with van der Waals surface area (Å²) in [4.78, 5) is 133. The maximum Gasteiger partial charge on any atom is 0.326 e. The van der Waals surface area contributed by atoms with Gasteiger partial charge in [0, 0.05) is 25.8 Å². The molecular weight excluding hydrogens is 921 g/mol. The van der Waals surface area contributed by atoms with E-state index in [1.165, 1.54) is 55.5 Å². The number of carbonyl (C=O) groups is 10. The van der Waals surface area contributed by atoms with Crippen LogP contribution in [0.5, 0.6) is 11.5 Å². The maximum atomic E-state index is 14.0. The first-order valence-electron chi connectivity index (χ1n) is 22.0. The second kappa shape index (κ2) is 29.0. The predicted octanol–water partition coefficient (Wildman–Crippen LogP) is -3.82. The van der Waals surface area contributed by atoms with Crippen molar-refractivity contribution in [2.75, 3.05) is 13.1 Å². The second-order valence-electron chi connectivity index (χ2n) is 16.7. The normalized spacial score (nSPS) is 13.8. The summed E-state index contributed by atoms with van der Waals surface area (Å²) in [5.41, 5.74) is 22.7. The second-order valence-corrected chi connectivity index (χ2v) is 16.7. The van der Waals surface area contributed by atoms with Crippen molar-refractivity contribution in [1.29, 1.82) is 0 Å². The van der Waals surface area contributed by atoms with Crippen molar-refractivity contribution >= 4 is 65.2 Å². The molecule has 0 fully saturated rings. The summed E-state index contributed by atoms with van der Waals surface area (Å²) in [5.74, 6) is -10.7. The number of carboxylic acids is 2. The van der Waals surface area contributed by atoms with Crippen LogP contribution in [0.3, 0.4) is 0 Å². The number of benzene rings is 2.